The highest BCUT2D eigenvalue weighted by Gasteiger charge is 2.27. The molecule has 0 aliphatic carbocycles. The smallest absolute Gasteiger partial charge is 0.318 e. The van der Waals surface area contributed by atoms with Gasteiger partial charge in [-0.3, -0.25) is 9.59 Å². The molecule has 102 valence electrons. The molecule has 18 heavy (non-hydrogen) atoms. The molecule has 0 spiro atoms. The third kappa shape index (κ3) is 4.58. The fraction of sp³-hybridized carbons (Fsp3) is 0.700. The van der Waals surface area contributed by atoms with Crippen LogP contribution in [0.5, 0.6) is 0 Å². The average Bonchev–Trinajstić information content (AvgIpc) is 2.24. The van der Waals surface area contributed by atoms with Crippen molar-refractivity contribution in [2.24, 2.45) is 0 Å². The number of rotatable bonds is 4. The van der Waals surface area contributed by atoms with Crippen LogP contribution in [0.25, 0.3) is 0 Å². The average molecular weight is 259 g/mol. The Balaban J connectivity index is 2.40. The predicted octanol–water partition coefficient (Wildman–Crippen LogP) is -1.65. The number of nitrogens with zero attached hydrogens (tertiary/aromatic N) is 1. The highest BCUT2D eigenvalue weighted by molar-refractivity contribution is 5.85. The zero-order valence-corrected chi connectivity index (χ0v) is 10.1. The van der Waals surface area contributed by atoms with Gasteiger partial charge in [0, 0.05) is 19.6 Å². The molecule has 1 rings (SSSR count). The van der Waals surface area contributed by atoms with E-state index in [1.165, 1.54) is 11.8 Å². The molecule has 8 heteroatoms. The Morgan fingerprint density at radius 2 is 2.22 bits per heavy atom. The summed E-state index contributed by atoms with van der Waals surface area (Å²) in [6.07, 6.45) is -0.465. The van der Waals surface area contributed by atoms with E-state index in [1.807, 2.05) is 0 Å². The molecule has 1 saturated heterocycles. The lowest BCUT2D eigenvalue weighted by atomic mass is 10.0. The van der Waals surface area contributed by atoms with Crippen molar-refractivity contribution in [3.63, 3.8) is 0 Å². The van der Waals surface area contributed by atoms with Crippen LogP contribution in [0, 0.1) is 0 Å². The van der Waals surface area contributed by atoms with Crippen LogP contribution in [-0.2, 0) is 9.59 Å². The van der Waals surface area contributed by atoms with Crippen molar-refractivity contribution >= 4 is 17.9 Å². The molecule has 1 fully saturated rings. The van der Waals surface area contributed by atoms with Crippen LogP contribution in [0.15, 0.2) is 0 Å². The first-order valence-electron chi connectivity index (χ1n) is 5.54. The van der Waals surface area contributed by atoms with Gasteiger partial charge in [-0.25, -0.2) is 4.79 Å². The first kappa shape index (κ1) is 14.2. The molecule has 0 aromatic heterocycles. The lowest BCUT2D eigenvalue weighted by Crippen LogP contribution is -2.54. The van der Waals surface area contributed by atoms with Gasteiger partial charge in [0.15, 0.2) is 0 Å². The van der Waals surface area contributed by atoms with Crippen LogP contribution in [0.1, 0.15) is 13.3 Å². The number of hydrogen-bond donors (Lipinski definition) is 4. The first-order valence-corrected chi connectivity index (χ1v) is 5.54. The van der Waals surface area contributed by atoms with Crippen molar-refractivity contribution in [2.45, 2.75) is 18.9 Å². The maximum atomic E-state index is 11.7. The van der Waals surface area contributed by atoms with Gasteiger partial charge in [0.05, 0.1) is 12.0 Å². The predicted molar refractivity (Wildman–Crippen MR) is 60.9 cm³/mol. The number of nitrogens with one attached hydrogen (secondary N) is 2. The van der Waals surface area contributed by atoms with Gasteiger partial charge < -0.3 is 25.7 Å². The van der Waals surface area contributed by atoms with E-state index in [9.17, 15) is 19.5 Å². The van der Waals surface area contributed by atoms with Gasteiger partial charge in [-0.1, -0.05) is 0 Å². The molecule has 1 heterocycles. The minimum Gasteiger partial charge on any atom is -0.481 e. The van der Waals surface area contributed by atoms with Crippen LogP contribution in [0.4, 0.5) is 4.79 Å². The highest BCUT2D eigenvalue weighted by atomic mass is 16.4. The number of hydrogen-bond acceptors (Lipinski definition) is 4. The molecule has 0 aromatic rings. The Labute approximate surface area is 104 Å². The standard InChI is InChI=1S/C10H17N3O5/c1-10(18,4-8(15)16)6-12-9(17)13-3-2-11-7(14)5-13/h18H,2-6H2,1H3,(H,11,14)(H,12,17)(H,15,16). The van der Waals surface area contributed by atoms with E-state index in [2.05, 4.69) is 10.6 Å². The van der Waals surface area contributed by atoms with Gasteiger partial charge in [0.2, 0.25) is 5.91 Å². The number of amides is 3. The summed E-state index contributed by atoms with van der Waals surface area (Å²) in [7, 11) is 0. The largest absolute Gasteiger partial charge is 0.481 e. The zero-order valence-electron chi connectivity index (χ0n) is 10.1. The normalized spacial score (nSPS) is 18.8. The third-order valence-corrected chi connectivity index (χ3v) is 2.48. The number of carboxylic acid groups (broad SMARTS) is 1. The minimum absolute atomic E-state index is 0.0348. The highest BCUT2D eigenvalue weighted by Crippen LogP contribution is 2.07. The molecular formula is C10H17N3O5. The summed E-state index contributed by atoms with van der Waals surface area (Å²) in [6, 6.07) is -0.490. The fourth-order valence-electron chi connectivity index (χ4n) is 1.58. The second-order valence-electron chi connectivity index (χ2n) is 4.50. The van der Waals surface area contributed by atoms with Crippen LogP contribution < -0.4 is 10.6 Å². The second-order valence-corrected chi connectivity index (χ2v) is 4.50. The molecule has 0 radical (unpaired) electrons. The van der Waals surface area contributed by atoms with Gasteiger partial charge in [-0.2, -0.15) is 0 Å². The van der Waals surface area contributed by atoms with E-state index in [0.29, 0.717) is 13.1 Å². The number of carbonyl (C=O) groups excluding carboxylic acids is 2. The molecular weight excluding hydrogens is 242 g/mol. The maximum Gasteiger partial charge on any atom is 0.318 e. The quantitative estimate of drug-likeness (QED) is 0.482. The van der Waals surface area contributed by atoms with E-state index in [1.54, 1.807) is 0 Å². The van der Waals surface area contributed by atoms with Gasteiger partial charge in [-0.15, -0.1) is 0 Å². The molecule has 1 aliphatic heterocycles. The summed E-state index contributed by atoms with van der Waals surface area (Å²) >= 11 is 0. The summed E-state index contributed by atoms with van der Waals surface area (Å²) in [5.41, 5.74) is -1.51. The summed E-state index contributed by atoms with van der Waals surface area (Å²) in [4.78, 5) is 34.5. The van der Waals surface area contributed by atoms with Crippen LogP contribution >= 0.6 is 0 Å². The number of aliphatic hydroxyl groups is 1. The SMILES string of the molecule is CC(O)(CNC(=O)N1CCNC(=O)C1)CC(=O)O. The number of carboxylic acids is 1. The number of aliphatic carboxylic acids is 1. The maximum absolute atomic E-state index is 11.7. The minimum atomic E-state index is -1.51. The van der Waals surface area contributed by atoms with Crippen molar-refractivity contribution in [2.75, 3.05) is 26.2 Å². The van der Waals surface area contributed by atoms with Gasteiger partial charge in [0.1, 0.15) is 6.54 Å². The van der Waals surface area contributed by atoms with E-state index >= 15 is 0 Å². The fourth-order valence-corrected chi connectivity index (χ4v) is 1.58. The Morgan fingerprint density at radius 3 is 2.78 bits per heavy atom. The molecule has 1 aliphatic rings. The van der Waals surface area contributed by atoms with Crippen LogP contribution in [0.2, 0.25) is 0 Å². The monoisotopic (exact) mass is 259 g/mol. The molecule has 0 aromatic carbocycles. The topological polar surface area (TPSA) is 119 Å². The Hall–Kier alpha value is -1.83. The van der Waals surface area contributed by atoms with E-state index in [-0.39, 0.29) is 19.0 Å². The van der Waals surface area contributed by atoms with Gasteiger partial charge >= 0.3 is 12.0 Å². The van der Waals surface area contributed by atoms with Crippen molar-refractivity contribution < 1.29 is 24.6 Å². The van der Waals surface area contributed by atoms with Crippen molar-refractivity contribution in [1.29, 1.82) is 0 Å². The van der Waals surface area contributed by atoms with Gasteiger partial charge in [0.25, 0.3) is 0 Å². The third-order valence-electron chi connectivity index (χ3n) is 2.48. The Bertz CT molecular complexity index is 355. The van der Waals surface area contributed by atoms with Crippen LogP contribution in [-0.4, -0.2) is 64.8 Å². The molecule has 1 unspecified atom stereocenters. The van der Waals surface area contributed by atoms with Crippen LogP contribution in [0.3, 0.4) is 0 Å². The number of carbonyl (C=O) groups is 3. The first-order chi connectivity index (χ1) is 8.30. The van der Waals surface area contributed by atoms with Crippen molar-refractivity contribution in [1.82, 2.24) is 15.5 Å². The Morgan fingerprint density at radius 1 is 1.56 bits per heavy atom. The second kappa shape index (κ2) is 5.67. The zero-order chi connectivity index (χ0) is 13.8. The van der Waals surface area contributed by atoms with Crippen molar-refractivity contribution in [3.8, 4) is 0 Å². The summed E-state index contributed by atoms with van der Waals surface area (Å²) < 4.78 is 0. The lowest BCUT2D eigenvalue weighted by Gasteiger charge is -2.28. The van der Waals surface area contributed by atoms with E-state index < -0.39 is 24.0 Å². The van der Waals surface area contributed by atoms with Crippen molar-refractivity contribution in [3.05, 3.63) is 0 Å². The molecule has 3 amide bonds. The molecule has 4 N–H and O–H groups in total. The molecule has 0 bridgehead atoms. The lowest BCUT2D eigenvalue weighted by molar-refractivity contribution is -0.141. The van der Waals surface area contributed by atoms with E-state index in [4.69, 9.17) is 5.11 Å². The molecule has 1 atom stereocenters. The summed E-state index contributed by atoms with van der Waals surface area (Å²) in [5, 5.41) is 23.2. The summed E-state index contributed by atoms with van der Waals surface area (Å²) in [5.74, 6) is -1.39. The van der Waals surface area contributed by atoms with E-state index in [0.717, 1.165) is 0 Å². The van der Waals surface area contributed by atoms with Gasteiger partial charge in [-0.05, 0) is 6.92 Å². The molecule has 0 saturated carbocycles. The molecule has 8 nitrogen and oxygen atoms in total. The number of urea groups is 1. The Kier molecular flexibility index (Phi) is 4.49. The number of piperazine rings is 1. The summed E-state index contributed by atoms with van der Waals surface area (Å²) in [6.45, 7) is 1.88.